The van der Waals surface area contributed by atoms with Crippen molar-refractivity contribution in [2.75, 3.05) is 10.6 Å². The summed E-state index contributed by atoms with van der Waals surface area (Å²) in [6, 6.07) is 4.55. The summed E-state index contributed by atoms with van der Waals surface area (Å²) in [6.45, 7) is 0. The third-order valence-electron chi connectivity index (χ3n) is 6.43. The number of aromatic nitrogens is 4. The van der Waals surface area contributed by atoms with Crippen molar-refractivity contribution in [1.29, 1.82) is 0 Å². The van der Waals surface area contributed by atoms with Crippen molar-refractivity contribution in [3.8, 4) is 0 Å². The molecule has 5 rings (SSSR count). The van der Waals surface area contributed by atoms with Gasteiger partial charge in [-0.3, -0.25) is 4.57 Å². The predicted molar refractivity (Wildman–Crippen MR) is 123 cm³/mol. The number of nitrogens with zero attached hydrogens (tertiary/aromatic N) is 4. The average molecular weight is 444 g/mol. The van der Waals surface area contributed by atoms with E-state index in [0.29, 0.717) is 29.1 Å². The van der Waals surface area contributed by atoms with Gasteiger partial charge in [-0.25, -0.2) is 18.7 Å². The lowest BCUT2D eigenvalue weighted by molar-refractivity contribution is 0.410. The summed E-state index contributed by atoms with van der Waals surface area (Å²) in [7, 11) is 0. The van der Waals surface area contributed by atoms with E-state index in [9.17, 15) is 8.78 Å². The zero-order valence-electron chi connectivity index (χ0n) is 17.3. The van der Waals surface area contributed by atoms with Gasteiger partial charge in [0.2, 0.25) is 11.9 Å². The van der Waals surface area contributed by atoms with Crippen molar-refractivity contribution < 1.29 is 8.78 Å². The summed E-state index contributed by atoms with van der Waals surface area (Å²) in [5, 5.41) is 6.31. The van der Waals surface area contributed by atoms with Gasteiger partial charge in [-0.1, -0.05) is 26.3 Å². The molecule has 2 heterocycles. The number of anilines is 3. The number of hydrogen-bond acceptors (Lipinski definition) is 6. The Balaban J connectivity index is 0.00000245. The third-order valence-corrected chi connectivity index (χ3v) is 6.43. The fourth-order valence-corrected chi connectivity index (χ4v) is 4.73. The molecule has 1 aromatic carbocycles. The minimum Gasteiger partial charge on any atom is -0.351 e. The smallest absolute Gasteiger partial charge is 0.224 e. The van der Waals surface area contributed by atoms with Gasteiger partial charge in [0.15, 0.2) is 5.65 Å². The van der Waals surface area contributed by atoms with Crippen LogP contribution in [-0.2, 0) is 0 Å². The van der Waals surface area contributed by atoms with Crippen molar-refractivity contribution in [3.05, 3.63) is 36.0 Å². The molecule has 0 saturated heterocycles. The molecule has 2 aliphatic rings. The van der Waals surface area contributed by atoms with Crippen LogP contribution in [0.1, 0.15) is 64.8 Å². The molecule has 4 N–H and O–H groups in total. The summed E-state index contributed by atoms with van der Waals surface area (Å²) >= 11 is 0. The molecule has 0 aliphatic heterocycles. The molecule has 3 aromatic rings. The number of nitrogens with two attached hydrogens (primary N) is 1. The molecule has 2 aliphatic carbocycles. The van der Waals surface area contributed by atoms with Crippen molar-refractivity contribution in [2.45, 2.75) is 76.9 Å². The first kappa shape index (κ1) is 22.4. The van der Waals surface area contributed by atoms with Crippen LogP contribution in [0.15, 0.2) is 24.4 Å². The molecule has 9 heteroatoms. The number of benzene rings is 1. The highest BCUT2D eigenvalue weighted by molar-refractivity contribution is 5.76. The van der Waals surface area contributed by atoms with E-state index in [4.69, 9.17) is 10.7 Å². The normalized spacial score (nSPS) is 21.5. The van der Waals surface area contributed by atoms with Gasteiger partial charge < -0.3 is 16.4 Å². The van der Waals surface area contributed by atoms with E-state index in [0.717, 1.165) is 51.4 Å². The van der Waals surface area contributed by atoms with E-state index < -0.39 is 11.6 Å². The molecular weight excluding hydrogens is 412 g/mol. The van der Waals surface area contributed by atoms with Gasteiger partial charge >= 0.3 is 0 Å². The van der Waals surface area contributed by atoms with E-state index in [2.05, 4.69) is 20.6 Å². The van der Waals surface area contributed by atoms with E-state index in [1.165, 1.54) is 18.2 Å². The van der Waals surface area contributed by atoms with Crippen LogP contribution in [0.5, 0.6) is 0 Å². The van der Waals surface area contributed by atoms with Gasteiger partial charge in [-0.15, -0.1) is 0 Å². The Bertz CT molecular complexity index is 1050. The monoisotopic (exact) mass is 443 g/mol. The van der Waals surface area contributed by atoms with Crippen LogP contribution in [0.2, 0.25) is 0 Å². The predicted octanol–water partition coefficient (Wildman–Crippen LogP) is 5.28. The van der Waals surface area contributed by atoms with Gasteiger partial charge in [0.1, 0.15) is 22.8 Å². The average Bonchev–Trinajstić information content (AvgIpc) is 3.39. The Labute approximate surface area is 186 Å². The van der Waals surface area contributed by atoms with Crippen LogP contribution >= 0.6 is 0 Å². The third kappa shape index (κ3) is 4.39. The minimum atomic E-state index is -0.658. The summed E-state index contributed by atoms with van der Waals surface area (Å²) in [4.78, 5) is 13.8. The maximum atomic E-state index is 14.3. The first-order chi connectivity index (χ1) is 15.1. The van der Waals surface area contributed by atoms with Gasteiger partial charge in [-0.05, 0) is 50.7 Å². The van der Waals surface area contributed by atoms with E-state index >= 15 is 0 Å². The van der Waals surface area contributed by atoms with Crippen LogP contribution in [0.3, 0.4) is 0 Å². The first-order valence-corrected chi connectivity index (χ1v) is 11.1. The fraction of sp³-hybridized carbons (Fsp3) is 0.522. The number of halogens is 2. The Morgan fingerprint density at radius 3 is 2.34 bits per heavy atom. The molecule has 2 fully saturated rings. The van der Waals surface area contributed by atoms with E-state index in [-0.39, 0.29) is 25.2 Å². The highest BCUT2D eigenvalue weighted by Gasteiger charge is 2.26. The first-order valence-electron chi connectivity index (χ1n) is 11.1. The SMILES string of the molecule is C.NC1CCC(Nc2ncc3nc(Nc4c(F)cccc4F)n(C4CCCC4)c3n2)CC1. The van der Waals surface area contributed by atoms with Gasteiger partial charge in [-0.2, -0.15) is 4.98 Å². The molecular formula is C23H31F2N7. The summed E-state index contributed by atoms with van der Waals surface area (Å²) in [5.74, 6) is -0.375. The molecule has 172 valence electrons. The highest BCUT2D eigenvalue weighted by Crippen LogP contribution is 2.36. The van der Waals surface area contributed by atoms with Crippen molar-refractivity contribution >= 4 is 28.7 Å². The highest BCUT2D eigenvalue weighted by atomic mass is 19.1. The second-order valence-electron chi connectivity index (χ2n) is 8.62. The molecule has 32 heavy (non-hydrogen) atoms. The van der Waals surface area contributed by atoms with Crippen LogP contribution in [0.4, 0.5) is 26.4 Å². The van der Waals surface area contributed by atoms with Crippen molar-refractivity contribution in [3.63, 3.8) is 0 Å². The Morgan fingerprint density at radius 1 is 0.969 bits per heavy atom. The zero-order chi connectivity index (χ0) is 21.4. The Morgan fingerprint density at radius 2 is 1.66 bits per heavy atom. The molecule has 0 bridgehead atoms. The van der Waals surface area contributed by atoms with Gasteiger partial charge in [0, 0.05) is 18.1 Å². The lowest BCUT2D eigenvalue weighted by atomic mass is 9.92. The zero-order valence-corrected chi connectivity index (χ0v) is 17.3. The number of fused-ring (bicyclic) bond motifs is 1. The topological polar surface area (TPSA) is 93.7 Å². The lowest BCUT2D eigenvalue weighted by Gasteiger charge is -2.26. The number of para-hydroxylation sites is 1. The quantitative estimate of drug-likeness (QED) is 0.497. The molecule has 0 radical (unpaired) electrons. The molecule has 2 aromatic heterocycles. The minimum absolute atomic E-state index is 0. The maximum absolute atomic E-state index is 14.3. The largest absolute Gasteiger partial charge is 0.351 e. The molecule has 0 atom stereocenters. The second-order valence-corrected chi connectivity index (χ2v) is 8.62. The Kier molecular flexibility index (Phi) is 6.55. The van der Waals surface area contributed by atoms with Crippen LogP contribution in [0.25, 0.3) is 11.2 Å². The molecule has 0 spiro atoms. The maximum Gasteiger partial charge on any atom is 0.224 e. The number of nitrogens with one attached hydrogen (secondary N) is 2. The fourth-order valence-electron chi connectivity index (χ4n) is 4.73. The van der Waals surface area contributed by atoms with E-state index in [1.54, 1.807) is 6.20 Å². The van der Waals surface area contributed by atoms with Crippen LogP contribution < -0.4 is 16.4 Å². The number of rotatable bonds is 5. The van der Waals surface area contributed by atoms with Gasteiger partial charge in [0.05, 0.1) is 6.20 Å². The molecule has 7 nitrogen and oxygen atoms in total. The van der Waals surface area contributed by atoms with Crippen molar-refractivity contribution in [2.24, 2.45) is 5.73 Å². The summed E-state index contributed by atoms with van der Waals surface area (Å²) in [5.41, 5.74) is 7.08. The summed E-state index contributed by atoms with van der Waals surface area (Å²) in [6.07, 6.45) is 9.80. The second kappa shape index (κ2) is 9.36. The van der Waals surface area contributed by atoms with Gasteiger partial charge in [0.25, 0.3) is 0 Å². The lowest BCUT2D eigenvalue weighted by Crippen LogP contribution is -2.33. The van der Waals surface area contributed by atoms with Crippen LogP contribution in [0, 0.1) is 11.6 Å². The van der Waals surface area contributed by atoms with Crippen molar-refractivity contribution in [1.82, 2.24) is 19.5 Å². The Hall–Kier alpha value is -2.81. The number of hydrogen-bond donors (Lipinski definition) is 3. The van der Waals surface area contributed by atoms with E-state index in [1.807, 2.05) is 4.57 Å². The van der Waals surface area contributed by atoms with Crippen LogP contribution in [-0.4, -0.2) is 31.6 Å². The summed E-state index contributed by atoms with van der Waals surface area (Å²) < 4.78 is 30.5. The molecule has 0 unspecified atom stereocenters. The standard InChI is InChI=1S/C22H27F2N7.CH4/c23-16-6-3-7-17(24)19(16)29-22-28-18-12-26-21(27-14-10-8-13(25)9-11-14)30-20(18)31(22)15-4-1-2-5-15;/h3,6-7,12-15H,1-2,4-5,8-11,25H2,(H,28,29)(H,26,27,30);1H4. The molecule has 2 saturated carbocycles. The molecule has 0 amide bonds. The number of imidazole rings is 1.